The van der Waals surface area contributed by atoms with Gasteiger partial charge in [0, 0.05) is 43.1 Å². The van der Waals surface area contributed by atoms with E-state index in [-0.39, 0.29) is 47.8 Å². The summed E-state index contributed by atoms with van der Waals surface area (Å²) in [6.07, 6.45) is 2.02. The molecule has 2 saturated heterocycles. The normalized spacial score (nSPS) is 21.9. The third kappa shape index (κ3) is 6.42. The maximum Gasteiger partial charge on any atom is 0.313 e. The van der Waals surface area contributed by atoms with Crippen LogP contribution in [0.25, 0.3) is 0 Å². The second-order valence-electron chi connectivity index (χ2n) is 8.33. The van der Waals surface area contributed by atoms with Crippen LogP contribution in [-0.4, -0.2) is 76.5 Å². The molecule has 0 bridgehead atoms. The molecule has 11 heteroatoms. The van der Waals surface area contributed by atoms with Gasteiger partial charge in [0.05, 0.1) is 11.0 Å². The highest BCUT2D eigenvalue weighted by molar-refractivity contribution is 7.81. The Bertz CT molecular complexity index is 857. The minimum absolute atomic E-state index is 0.00658. The second kappa shape index (κ2) is 10.8. The number of carbonyl (C=O) groups excluding carboxylic acids is 2. The van der Waals surface area contributed by atoms with E-state index in [4.69, 9.17) is 10.1 Å². The molecule has 0 spiro atoms. The maximum absolute atomic E-state index is 12.8. The number of amides is 1. The highest BCUT2D eigenvalue weighted by Crippen LogP contribution is 2.23. The van der Waals surface area contributed by atoms with Crippen molar-refractivity contribution in [1.29, 1.82) is 5.41 Å². The lowest BCUT2D eigenvalue weighted by molar-refractivity contribution is -0.384. The summed E-state index contributed by atoms with van der Waals surface area (Å²) >= 11 is 4.49. The maximum atomic E-state index is 12.8. The molecule has 174 valence electrons. The van der Waals surface area contributed by atoms with E-state index in [0.29, 0.717) is 31.5 Å². The number of nitrogens with one attached hydrogen (secondary N) is 2. The standard InChI is InChI=1S/C21H29N5O5S/c1-24-12-17(32)10-18(24)21(28)25-8-6-15(7-9-25)23-19(22)11-20(27)31-13-14-2-4-16(5-3-14)26(29)30/h2-5,15,17-18,32H,6-13H2,1H3,(H2,22,23)/t17-,18-/m0/s1. The van der Waals surface area contributed by atoms with Crippen molar-refractivity contribution in [1.82, 2.24) is 15.1 Å². The lowest BCUT2D eigenvalue weighted by atomic mass is 10.0. The third-order valence-corrected chi connectivity index (χ3v) is 6.24. The number of amidine groups is 1. The summed E-state index contributed by atoms with van der Waals surface area (Å²) in [5.74, 6) is -0.316. The summed E-state index contributed by atoms with van der Waals surface area (Å²) in [6.45, 7) is 2.05. The van der Waals surface area contributed by atoms with Crippen LogP contribution in [0.2, 0.25) is 0 Å². The highest BCUT2D eigenvalue weighted by Gasteiger charge is 2.36. The predicted octanol–water partition coefficient (Wildman–Crippen LogP) is 1.59. The fourth-order valence-electron chi connectivity index (χ4n) is 4.09. The van der Waals surface area contributed by atoms with Gasteiger partial charge in [-0.3, -0.25) is 30.0 Å². The molecule has 1 aromatic carbocycles. The van der Waals surface area contributed by atoms with E-state index in [1.165, 1.54) is 24.3 Å². The molecule has 3 rings (SSSR count). The molecule has 1 amide bonds. The molecule has 2 aliphatic heterocycles. The molecule has 0 aliphatic carbocycles. The molecule has 10 nitrogen and oxygen atoms in total. The van der Waals surface area contributed by atoms with Gasteiger partial charge in [-0.1, -0.05) is 0 Å². The molecule has 0 saturated carbocycles. The number of ether oxygens (including phenoxy) is 1. The Morgan fingerprint density at radius 1 is 1.28 bits per heavy atom. The predicted molar refractivity (Wildman–Crippen MR) is 122 cm³/mol. The summed E-state index contributed by atoms with van der Waals surface area (Å²) < 4.78 is 5.16. The number of hydrogen-bond donors (Lipinski definition) is 3. The number of nitro groups is 1. The number of nitro benzene ring substituents is 1. The van der Waals surface area contributed by atoms with Crippen molar-refractivity contribution in [3.8, 4) is 0 Å². The molecule has 0 aromatic heterocycles. The second-order valence-corrected chi connectivity index (χ2v) is 9.06. The van der Waals surface area contributed by atoms with E-state index < -0.39 is 10.9 Å². The first-order valence-corrected chi connectivity index (χ1v) is 11.1. The number of piperidine rings is 1. The first-order valence-electron chi connectivity index (χ1n) is 10.6. The quantitative estimate of drug-likeness (QED) is 0.140. The zero-order valence-electron chi connectivity index (χ0n) is 18.0. The summed E-state index contributed by atoms with van der Waals surface area (Å²) in [5, 5.41) is 22.0. The number of likely N-dealkylation sites (tertiary alicyclic amines) is 2. The van der Waals surface area contributed by atoms with Gasteiger partial charge in [0.15, 0.2) is 0 Å². The van der Waals surface area contributed by atoms with Crippen LogP contribution in [-0.2, 0) is 20.9 Å². The van der Waals surface area contributed by atoms with E-state index in [0.717, 1.165) is 13.0 Å². The van der Waals surface area contributed by atoms with Crippen LogP contribution in [0.15, 0.2) is 24.3 Å². The molecular weight excluding hydrogens is 434 g/mol. The summed E-state index contributed by atoms with van der Waals surface area (Å²) in [6, 6.07) is 5.70. The van der Waals surface area contributed by atoms with E-state index >= 15 is 0 Å². The minimum Gasteiger partial charge on any atom is -0.460 e. The number of carbonyl (C=O) groups is 2. The summed E-state index contributed by atoms with van der Waals surface area (Å²) in [5.41, 5.74) is 0.609. The van der Waals surface area contributed by atoms with Crippen LogP contribution in [0.4, 0.5) is 5.69 Å². The molecule has 1 aromatic rings. The van der Waals surface area contributed by atoms with Gasteiger partial charge in [-0.2, -0.15) is 12.6 Å². The number of esters is 1. The topological polar surface area (TPSA) is 129 Å². The van der Waals surface area contributed by atoms with Crippen LogP contribution < -0.4 is 5.32 Å². The number of hydrogen-bond acceptors (Lipinski definition) is 8. The fraction of sp³-hybridized carbons (Fsp3) is 0.571. The molecule has 0 unspecified atom stereocenters. The average molecular weight is 464 g/mol. The average Bonchev–Trinajstić information content (AvgIpc) is 3.10. The Morgan fingerprint density at radius 2 is 1.94 bits per heavy atom. The Kier molecular flexibility index (Phi) is 8.08. The van der Waals surface area contributed by atoms with Gasteiger partial charge in [0.1, 0.15) is 18.9 Å². The summed E-state index contributed by atoms with van der Waals surface area (Å²) in [7, 11) is 1.95. The van der Waals surface area contributed by atoms with Crippen molar-refractivity contribution in [2.45, 2.75) is 49.6 Å². The van der Waals surface area contributed by atoms with Crippen molar-refractivity contribution in [2.24, 2.45) is 0 Å². The van der Waals surface area contributed by atoms with Crippen molar-refractivity contribution >= 4 is 36.0 Å². The fourth-order valence-corrected chi connectivity index (χ4v) is 4.54. The van der Waals surface area contributed by atoms with Gasteiger partial charge in [-0.05, 0) is 44.0 Å². The Balaban J connectivity index is 1.36. The number of nitrogens with zero attached hydrogens (tertiary/aromatic N) is 3. The minimum atomic E-state index is -0.543. The van der Waals surface area contributed by atoms with Gasteiger partial charge in [0.25, 0.3) is 5.69 Å². The Morgan fingerprint density at radius 3 is 2.50 bits per heavy atom. The molecule has 32 heavy (non-hydrogen) atoms. The zero-order valence-corrected chi connectivity index (χ0v) is 18.9. The van der Waals surface area contributed by atoms with E-state index in [2.05, 4.69) is 22.8 Å². The van der Waals surface area contributed by atoms with Crippen molar-refractivity contribution < 1.29 is 19.2 Å². The highest BCUT2D eigenvalue weighted by atomic mass is 32.1. The Labute approximate surface area is 192 Å². The first kappa shape index (κ1) is 24.0. The van der Waals surface area contributed by atoms with Crippen LogP contribution in [0, 0.1) is 15.5 Å². The van der Waals surface area contributed by atoms with Crippen LogP contribution in [0.1, 0.15) is 31.2 Å². The van der Waals surface area contributed by atoms with Crippen LogP contribution in [0.5, 0.6) is 0 Å². The molecule has 2 heterocycles. The third-order valence-electron chi connectivity index (χ3n) is 5.86. The molecule has 2 atom stereocenters. The van der Waals surface area contributed by atoms with Gasteiger partial charge >= 0.3 is 5.97 Å². The lowest BCUT2D eigenvalue weighted by Crippen LogP contribution is -2.51. The molecule has 0 radical (unpaired) electrons. The molecule has 2 fully saturated rings. The molecular formula is C21H29N5O5S. The van der Waals surface area contributed by atoms with Crippen LogP contribution >= 0.6 is 12.6 Å². The first-order chi connectivity index (χ1) is 15.2. The van der Waals surface area contributed by atoms with E-state index in [1.54, 1.807) is 0 Å². The van der Waals surface area contributed by atoms with Crippen molar-refractivity contribution in [3.63, 3.8) is 0 Å². The lowest BCUT2D eigenvalue weighted by Gasteiger charge is -2.35. The van der Waals surface area contributed by atoms with E-state index in [1.807, 2.05) is 11.9 Å². The Hall–Kier alpha value is -2.66. The van der Waals surface area contributed by atoms with E-state index in [9.17, 15) is 19.7 Å². The largest absolute Gasteiger partial charge is 0.460 e. The number of rotatable bonds is 7. The SMILES string of the molecule is CN1C[C@@H](S)C[C@H]1C(=O)N1CCC(NC(=N)CC(=O)OCc2ccc([N+](=O)[O-])cc2)CC1. The van der Waals surface area contributed by atoms with Crippen molar-refractivity contribution in [2.75, 3.05) is 26.7 Å². The monoisotopic (exact) mass is 463 g/mol. The van der Waals surface area contributed by atoms with Crippen molar-refractivity contribution in [3.05, 3.63) is 39.9 Å². The number of non-ortho nitro benzene ring substituents is 1. The smallest absolute Gasteiger partial charge is 0.313 e. The van der Waals surface area contributed by atoms with Gasteiger partial charge in [-0.15, -0.1) is 0 Å². The summed E-state index contributed by atoms with van der Waals surface area (Å²) in [4.78, 5) is 38.9. The van der Waals surface area contributed by atoms with Crippen LogP contribution in [0.3, 0.4) is 0 Å². The zero-order chi connectivity index (χ0) is 23.3. The van der Waals surface area contributed by atoms with Gasteiger partial charge in [-0.25, -0.2) is 0 Å². The number of benzene rings is 1. The number of thiol groups is 1. The van der Waals surface area contributed by atoms with Gasteiger partial charge in [0.2, 0.25) is 5.91 Å². The van der Waals surface area contributed by atoms with Gasteiger partial charge < -0.3 is 15.0 Å². The molecule has 2 N–H and O–H groups in total. The number of likely N-dealkylation sites (N-methyl/N-ethyl adjacent to an activating group) is 1. The molecule has 2 aliphatic rings.